The molecule has 3 nitrogen and oxygen atoms in total. The molecular weight excluding hydrogens is 250 g/mol. The minimum Gasteiger partial charge on any atom is -0.497 e. The second-order valence-electron chi connectivity index (χ2n) is 6.91. The smallest absolute Gasteiger partial charge is 0.118 e. The van der Waals surface area contributed by atoms with Crippen LogP contribution in [0.15, 0.2) is 24.3 Å². The van der Waals surface area contributed by atoms with E-state index < -0.39 is 0 Å². The molecule has 1 aliphatic rings. The summed E-state index contributed by atoms with van der Waals surface area (Å²) in [5.41, 5.74) is 1.50. The van der Waals surface area contributed by atoms with Crippen LogP contribution in [0.3, 0.4) is 0 Å². The molecule has 1 saturated heterocycles. The second-order valence-corrected chi connectivity index (χ2v) is 6.91. The second kappa shape index (κ2) is 6.15. The number of nitrogens with one attached hydrogen (secondary N) is 1. The first-order chi connectivity index (χ1) is 9.39. The Morgan fingerprint density at radius 1 is 1.25 bits per heavy atom. The van der Waals surface area contributed by atoms with Gasteiger partial charge in [0, 0.05) is 12.6 Å². The molecule has 1 fully saturated rings. The number of morpholine rings is 1. The lowest BCUT2D eigenvalue weighted by Crippen LogP contribution is -2.47. The number of ether oxygens (including phenoxy) is 2. The monoisotopic (exact) mass is 277 g/mol. The molecule has 0 aromatic heterocycles. The fraction of sp³-hybridized carbons (Fsp3) is 0.647. The van der Waals surface area contributed by atoms with Crippen LogP contribution in [-0.4, -0.2) is 25.8 Å². The third-order valence-corrected chi connectivity index (χ3v) is 3.75. The van der Waals surface area contributed by atoms with Gasteiger partial charge in [0.15, 0.2) is 0 Å². The Balaban J connectivity index is 2.08. The van der Waals surface area contributed by atoms with Gasteiger partial charge >= 0.3 is 0 Å². The zero-order chi connectivity index (χ0) is 14.8. The van der Waals surface area contributed by atoms with Crippen LogP contribution in [0, 0.1) is 5.41 Å². The average molecular weight is 277 g/mol. The Morgan fingerprint density at radius 3 is 2.45 bits per heavy atom. The van der Waals surface area contributed by atoms with Gasteiger partial charge in [0.25, 0.3) is 0 Å². The van der Waals surface area contributed by atoms with Crippen LogP contribution in [0.2, 0.25) is 0 Å². The van der Waals surface area contributed by atoms with Crippen molar-refractivity contribution in [2.75, 3.05) is 13.7 Å². The van der Waals surface area contributed by atoms with Crippen molar-refractivity contribution in [1.82, 2.24) is 5.32 Å². The van der Waals surface area contributed by atoms with Crippen LogP contribution < -0.4 is 10.1 Å². The molecule has 0 amide bonds. The van der Waals surface area contributed by atoms with Gasteiger partial charge in [-0.15, -0.1) is 0 Å². The van der Waals surface area contributed by atoms with Gasteiger partial charge in [0.2, 0.25) is 0 Å². The Morgan fingerprint density at radius 2 is 1.90 bits per heavy atom. The molecule has 0 bridgehead atoms. The number of hydrogen-bond donors (Lipinski definition) is 1. The average Bonchev–Trinajstić information content (AvgIpc) is 2.40. The first-order valence-corrected chi connectivity index (χ1v) is 7.42. The van der Waals surface area contributed by atoms with Gasteiger partial charge in [-0.05, 0) is 36.5 Å². The van der Waals surface area contributed by atoms with Crippen molar-refractivity contribution >= 4 is 0 Å². The molecule has 1 aromatic carbocycles. The van der Waals surface area contributed by atoms with Crippen molar-refractivity contribution < 1.29 is 9.47 Å². The maximum atomic E-state index is 6.33. The van der Waals surface area contributed by atoms with Crippen molar-refractivity contribution in [3.63, 3.8) is 0 Å². The topological polar surface area (TPSA) is 30.5 Å². The molecule has 0 spiro atoms. The molecule has 1 N–H and O–H groups in total. The standard InChI is InChI=1S/C17H27NO2/c1-12-16(13-6-8-14(19-5)9-7-13)20-15(11-18-12)10-17(2,3)4/h6-9,12,15-16,18H,10-11H2,1-5H3. The molecule has 3 unspecified atom stereocenters. The summed E-state index contributed by atoms with van der Waals surface area (Å²) >= 11 is 0. The molecule has 2 rings (SSSR count). The predicted molar refractivity (Wildman–Crippen MR) is 82.1 cm³/mol. The highest BCUT2D eigenvalue weighted by molar-refractivity contribution is 5.29. The van der Waals surface area contributed by atoms with Gasteiger partial charge in [-0.1, -0.05) is 32.9 Å². The number of methoxy groups -OCH3 is 1. The minimum absolute atomic E-state index is 0.113. The number of rotatable bonds is 3. The molecule has 1 aliphatic heterocycles. The molecule has 0 aliphatic carbocycles. The molecule has 0 radical (unpaired) electrons. The van der Waals surface area contributed by atoms with Crippen molar-refractivity contribution in [2.45, 2.75) is 52.4 Å². The minimum atomic E-state index is 0.113. The first-order valence-electron chi connectivity index (χ1n) is 7.42. The quantitative estimate of drug-likeness (QED) is 0.916. The van der Waals surface area contributed by atoms with Crippen molar-refractivity contribution in [3.05, 3.63) is 29.8 Å². The Bertz CT molecular complexity index is 422. The molecular formula is C17H27NO2. The van der Waals surface area contributed by atoms with Crippen LogP contribution in [0.1, 0.15) is 45.8 Å². The van der Waals surface area contributed by atoms with E-state index in [4.69, 9.17) is 9.47 Å². The molecule has 112 valence electrons. The van der Waals surface area contributed by atoms with Crippen molar-refractivity contribution in [1.29, 1.82) is 0 Å². The fourth-order valence-corrected chi connectivity index (χ4v) is 2.76. The number of benzene rings is 1. The summed E-state index contributed by atoms with van der Waals surface area (Å²) in [4.78, 5) is 0. The van der Waals surface area contributed by atoms with Gasteiger partial charge < -0.3 is 14.8 Å². The van der Waals surface area contributed by atoms with Gasteiger partial charge in [0.1, 0.15) is 5.75 Å². The van der Waals surface area contributed by atoms with Crippen LogP contribution in [0.4, 0.5) is 0 Å². The summed E-state index contributed by atoms with van der Waals surface area (Å²) < 4.78 is 11.5. The Labute approximate surface area is 122 Å². The lowest BCUT2D eigenvalue weighted by Gasteiger charge is -2.38. The first kappa shape index (κ1) is 15.3. The van der Waals surface area contributed by atoms with Crippen LogP contribution in [0.5, 0.6) is 5.75 Å². The van der Waals surface area contributed by atoms with E-state index in [-0.39, 0.29) is 17.6 Å². The summed E-state index contributed by atoms with van der Waals surface area (Å²) in [5, 5.41) is 3.58. The van der Waals surface area contributed by atoms with Gasteiger partial charge in [-0.25, -0.2) is 0 Å². The van der Waals surface area contributed by atoms with E-state index in [1.807, 2.05) is 12.1 Å². The van der Waals surface area contributed by atoms with Gasteiger partial charge in [-0.3, -0.25) is 0 Å². The van der Waals surface area contributed by atoms with Crippen LogP contribution in [0.25, 0.3) is 0 Å². The predicted octanol–water partition coefficient (Wildman–Crippen LogP) is 3.55. The normalized spacial score (nSPS) is 27.4. The Hall–Kier alpha value is -1.06. The zero-order valence-electron chi connectivity index (χ0n) is 13.3. The summed E-state index contributed by atoms with van der Waals surface area (Å²) in [7, 11) is 1.69. The van der Waals surface area contributed by atoms with E-state index in [0.29, 0.717) is 6.04 Å². The highest BCUT2D eigenvalue weighted by Crippen LogP contribution is 2.31. The Kier molecular flexibility index (Phi) is 4.71. The highest BCUT2D eigenvalue weighted by atomic mass is 16.5. The van der Waals surface area contributed by atoms with E-state index in [0.717, 1.165) is 18.7 Å². The van der Waals surface area contributed by atoms with E-state index in [1.54, 1.807) is 7.11 Å². The summed E-state index contributed by atoms with van der Waals surface area (Å²) in [6.45, 7) is 9.90. The van der Waals surface area contributed by atoms with E-state index in [1.165, 1.54) is 5.56 Å². The largest absolute Gasteiger partial charge is 0.497 e. The lowest BCUT2D eigenvalue weighted by molar-refractivity contribution is -0.0755. The molecule has 0 saturated carbocycles. The maximum Gasteiger partial charge on any atom is 0.118 e. The summed E-state index contributed by atoms with van der Waals surface area (Å²) in [6.07, 6.45) is 1.46. The van der Waals surface area contributed by atoms with Gasteiger partial charge in [-0.2, -0.15) is 0 Å². The third kappa shape index (κ3) is 3.97. The zero-order valence-corrected chi connectivity index (χ0v) is 13.3. The SMILES string of the molecule is COc1ccc(C2OC(CC(C)(C)C)CNC2C)cc1. The van der Waals surface area contributed by atoms with E-state index in [2.05, 4.69) is 45.1 Å². The summed E-state index contributed by atoms with van der Waals surface area (Å²) in [6, 6.07) is 8.53. The van der Waals surface area contributed by atoms with Crippen molar-refractivity contribution in [3.8, 4) is 5.75 Å². The van der Waals surface area contributed by atoms with Gasteiger partial charge in [0.05, 0.1) is 19.3 Å². The maximum absolute atomic E-state index is 6.33. The van der Waals surface area contributed by atoms with E-state index >= 15 is 0 Å². The lowest BCUT2D eigenvalue weighted by atomic mass is 9.88. The molecule has 1 heterocycles. The van der Waals surface area contributed by atoms with Crippen LogP contribution in [-0.2, 0) is 4.74 Å². The molecule has 3 heteroatoms. The summed E-state index contributed by atoms with van der Waals surface area (Å²) in [5.74, 6) is 0.886. The highest BCUT2D eigenvalue weighted by Gasteiger charge is 2.31. The fourth-order valence-electron chi connectivity index (χ4n) is 2.76. The molecule has 1 aromatic rings. The molecule has 20 heavy (non-hydrogen) atoms. The van der Waals surface area contributed by atoms with E-state index in [9.17, 15) is 0 Å². The molecule has 3 atom stereocenters. The van der Waals surface area contributed by atoms with Crippen LogP contribution >= 0.6 is 0 Å². The third-order valence-electron chi connectivity index (χ3n) is 3.75. The number of hydrogen-bond acceptors (Lipinski definition) is 3. The van der Waals surface area contributed by atoms with Crippen molar-refractivity contribution in [2.24, 2.45) is 5.41 Å².